The van der Waals surface area contributed by atoms with Gasteiger partial charge in [-0.05, 0) is 20.4 Å². The van der Waals surface area contributed by atoms with E-state index in [2.05, 4.69) is 32.4 Å². The Morgan fingerprint density at radius 1 is 1.07 bits per heavy atom. The molecule has 0 radical (unpaired) electrons. The zero-order chi connectivity index (χ0) is 20.2. The molecule has 10 heteroatoms. The summed E-state index contributed by atoms with van der Waals surface area (Å²) in [6, 6.07) is 0. The molecule has 0 aliphatic heterocycles. The molecule has 1 rings (SSSR count). The highest BCUT2D eigenvalue weighted by Crippen LogP contribution is 2.02. The first kappa shape index (κ1) is 23.9. The molecule has 0 aliphatic rings. The molecule has 0 aromatic carbocycles. The highest BCUT2D eigenvalue weighted by atomic mass is 16.5. The van der Waals surface area contributed by atoms with Crippen molar-refractivity contribution in [3.8, 4) is 0 Å². The molecule has 0 unspecified atom stereocenters. The van der Waals surface area contributed by atoms with Crippen LogP contribution in [0.3, 0.4) is 0 Å². The van der Waals surface area contributed by atoms with Crippen LogP contribution in [0.15, 0.2) is 6.20 Å². The third-order valence-electron chi connectivity index (χ3n) is 4.07. The number of nitrogens with zero attached hydrogens (tertiary/aromatic N) is 5. The first-order chi connectivity index (χ1) is 12.8. The number of hydrogen-bond donors (Lipinski definition) is 5. The fourth-order valence-corrected chi connectivity index (χ4v) is 2.74. The van der Waals surface area contributed by atoms with Crippen molar-refractivity contribution in [2.45, 2.75) is 52.4 Å². The van der Waals surface area contributed by atoms with Crippen molar-refractivity contribution < 1.29 is 20.4 Å². The molecule has 0 bridgehead atoms. The molecule has 0 spiro atoms. The Bertz CT molecular complexity index is 498. The number of hydrogen-bond acceptors (Lipinski definition) is 9. The maximum absolute atomic E-state index is 9.72. The lowest BCUT2D eigenvalue weighted by atomic mass is 10.3. The van der Waals surface area contributed by atoms with Gasteiger partial charge in [0.25, 0.3) is 0 Å². The van der Waals surface area contributed by atoms with Gasteiger partial charge in [-0.15, -0.1) is 5.10 Å². The zero-order valence-corrected chi connectivity index (χ0v) is 16.7. The second kappa shape index (κ2) is 13.1. The number of aliphatic hydroxyl groups is 4. The van der Waals surface area contributed by atoms with E-state index in [1.807, 2.05) is 0 Å². The fraction of sp³-hybridized carbons (Fsp3) is 0.882. The van der Waals surface area contributed by atoms with Gasteiger partial charge in [0.05, 0.1) is 24.4 Å². The van der Waals surface area contributed by atoms with Crippen LogP contribution in [-0.2, 0) is 13.1 Å². The van der Waals surface area contributed by atoms with Crippen molar-refractivity contribution in [2.24, 2.45) is 0 Å². The van der Waals surface area contributed by atoms with Crippen LogP contribution < -0.4 is 5.32 Å². The largest absolute Gasteiger partial charge is 0.392 e. The van der Waals surface area contributed by atoms with Crippen LogP contribution >= 0.6 is 0 Å². The smallest absolute Gasteiger partial charge is 0.171 e. The minimum Gasteiger partial charge on any atom is -0.392 e. The molecule has 1 aromatic heterocycles. The van der Waals surface area contributed by atoms with Gasteiger partial charge in [0, 0.05) is 52.0 Å². The first-order valence-electron chi connectivity index (χ1n) is 9.56. The average molecular weight is 389 g/mol. The zero-order valence-electron chi connectivity index (χ0n) is 16.7. The van der Waals surface area contributed by atoms with Gasteiger partial charge in [-0.2, -0.15) is 0 Å². The maximum Gasteiger partial charge on any atom is 0.171 e. The normalized spacial score (nSPS) is 14.4. The first-order valence-corrected chi connectivity index (χ1v) is 9.56. The summed E-state index contributed by atoms with van der Waals surface area (Å²) < 4.78 is 1.42. The van der Waals surface area contributed by atoms with Gasteiger partial charge in [-0.1, -0.05) is 12.1 Å². The predicted molar refractivity (Wildman–Crippen MR) is 102 cm³/mol. The monoisotopic (exact) mass is 388 g/mol. The Morgan fingerprint density at radius 2 is 1.78 bits per heavy atom. The van der Waals surface area contributed by atoms with Crippen LogP contribution in [0.5, 0.6) is 0 Å². The Labute approximate surface area is 161 Å². The SMILES string of the molecule is CCN(CCN(CCNC[C@H](C)O)C[C@H](C)O)Cc1cn(CC(O)O)nn1. The summed E-state index contributed by atoms with van der Waals surface area (Å²) in [5.74, 6) is 0. The van der Waals surface area contributed by atoms with E-state index in [0.717, 1.165) is 38.4 Å². The molecular weight excluding hydrogens is 352 g/mol. The molecule has 0 fully saturated rings. The summed E-state index contributed by atoms with van der Waals surface area (Å²) in [6.45, 7) is 11.4. The Kier molecular flexibility index (Phi) is 11.6. The number of aliphatic hydroxyl groups excluding tert-OH is 3. The van der Waals surface area contributed by atoms with Gasteiger partial charge >= 0.3 is 0 Å². The summed E-state index contributed by atoms with van der Waals surface area (Å²) in [4.78, 5) is 4.42. The van der Waals surface area contributed by atoms with Crippen molar-refractivity contribution >= 4 is 0 Å². The van der Waals surface area contributed by atoms with Gasteiger partial charge in [-0.3, -0.25) is 9.80 Å². The van der Waals surface area contributed by atoms with Crippen molar-refractivity contribution in [3.63, 3.8) is 0 Å². The Balaban J connectivity index is 2.45. The molecule has 27 heavy (non-hydrogen) atoms. The lowest BCUT2D eigenvalue weighted by Gasteiger charge is -2.27. The molecule has 2 atom stereocenters. The van der Waals surface area contributed by atoms with Crippen molar-refractivity contribution in [1.29, 1.82) is 0 Å². The minimum atomic E-state index is -1.45. The van der Waals surface area contributed by atoms with Crippen LogP contribution in [0, 0.1) is 0 Å². The molecule has 0 saturated heterocycles. The highest BCUT2D eigenvalue weighted by Gasteiger charge is 2.13. The van der Waals surface area contributed by atoms with Gasteiger partial charge in [0.1, 0.15) is 0 Å². The molecule has 1 aromatic rings. The van der Waals surface area contributed by atoms with E-state index in [0.29, 0.717) is 19.6 Å². The molecular formula is C17H36N6O4. The van der Waals surface area contributed by atoms with Crippen molar-refractivity contribution in [1.82, 2.24) is 30.1 Å². The van der Waals surface area contributed by atoms with Crippen molar-refractivity contribution in [3.05, 3.63) is 11.9 Å². The molecule has 10 nitrogen and oxygen atoms in total. The van der Waals surface area contributed by atoms with Crippen LogP contribution in [0.25, 0.3) is 0 Å². The summed E-state index contributed by atoms with van der Waals surface area (Å²) in [6.07, 6.45) is -0.499. The number of nitrogens with one attached hydrogen (secondary N) is 1. The molecule has 0 aliphatic carbocycles. The average Bonchev–Trinajstić information content (AvgIpc) is 3.00. The van der Waals surface area contributed by atoms with Crippen LogP contribution in [-0.4, -0.2) is 110 Å². The maximum atomic E-state index is 9.72. The van der Waals surface area contributed by atoms with E-state index in [-0.39, 0.29) is 12.6 Å². The lowest BCUT2D eigenvalue weighted by molar-refractivity contribution is -0.0537. The Morgan fingerprint density at radius 3 is 2.37 bits per heavy atom. The second-order valence-electron chi connectivity index (χ2n) is 6.98. The van der Waals surface area contributed by atoms with E-state index in [9.17, 15) is 10.2 Å². The van der Waals surface area contributed by atoms with E-state index < -0.39 is 12.4 Å². The second-order valence-corrected chi connectivity index (χ2v) is 6.98. The molecule has 1 heterocycles. The quantitative estimate of drug-likeness (QED) is 0.172. The van der Waals surface area contributed by atoms with E-state index in [1.54, 1.807) is 20.0 Å². The van der Waals surface area contributed by atoms with E-state index >= 15 is 0 Å². The molecule has 158 valence electrons. The summed E-state index contributed by atoms with van der Waals surface area (Å²) >= 11 is 0. The third kappa shape index (κ3) is 11.3. The summed E-state index contributed by atoms with van der Waals surface area (Å²) in [5.41, 5.74) is 0.776. The molecule has 0 saturated carbocycles. The molecule has 5 N–H and O–H groups in total. The van der Waals surface area contributed by atoms with Crippen molar-refractivity contribution in [2.75, 3.05) is 45.8 Å². The summed E-state index contributed by atoms with van der Waals surface area (Å²) in [5, 5.41) is 48.2. The van der Waals surface area contributed by atoms with Gasteiger partial charge in [0.2, 0.25) is 0 Å². The number of likely N-dealkylation sites (N-methyl/N-ethyl adjacent to an activating group) is 1. The van der Waals surface area contributed by atoms with Gasteiger partial charge in [-0.25, -0.2) is 4.68 Å². The van der Waals surface area contributed by atoms with Gasteiger partial charge in [0.15, 0.2) is 6.29 Å². The topological polar surface area (TPSA) is 130 Å². The fourth-order valence-electron chi connectivity index (χ4n) is 2.74. The van der Waals surface area contributed by atoms with E-state index in [4.69, 9.17) is 10.2 Å². The Hall–Kier alpha value is -1.14. The van der Waals surface area contributed by atoms with Crippen LogP contribution in [0.2, 0.25) is 0 Å². The van der Waals surface area contributed by atoms with E-state index in [1.165, 1.54) is 4.68 Å². The number of rotatable bonds is 15. The highest BCUT2D eigenvalue weighted by molar-refractivity contribution is 4.92. The lowest BCUT2D eigenvalue weighted by Crippen LogP contribution is -2.42. The van der Waals surface area contributed by atoms with Crippen LogP contribution in [0.1, 0.15) is 26.5 Å². The third-order valence-corrected chi connectivity index (χ3v) is 4.07. The van der Waals surface area contributed by atoms with Crippen LogP contribution in [0.4, 0.5) is 0 Å². The minimum absolute atomic E-state index is 0.000742. The predicted octanol–water partition coefficient (Wildman–Crippen LogP) is -1.94. The summed E-state index contributed by atoms with van der Waals surface area (Å²) in [7, 11) is 0. The standard InChI is InChI=1S/C17H36N6O4/c1-4-21(11-16-12-23(20-19-16)13-17(26)27)7-8-22(10-15(3)25)6-5-18-9-14(2)24/h12,14-15,17-18,24-27H,4-11,13H2,1-3H3/t14-,15-/m0/s1. The molecule has 0 amide bonds. The van der Waals surface area contributed by atoms with Gasteiger partial charge < -0.3 is 25.7 Å². The number of aromatic nitrogens is 3.